The van der Waals surface area contributed by atoms with Crippen molar-refractivity contribution in [3.63, 3.8) is 0 Å². The molecule has 0 bridgehead atoms. The molecule has 0 aliphatic rings. The van der Waals surface area contributed by atoms with E-state index in [0.29, 0.717) is 11.3 Å². The van der Waals surface area contributed by atoms with Gasteiger partial charge in [0.05, 0.1) is 18.3 Å². The van der Waals surface area contributed by atoms with E-state index in [-0.39, 0.29) is 18.6 Å². The van der Waals surface area contributed by atoms with Gasteiger partial charge in [0.15, 0.2) is 0 Å². The summed E-state index contributed by atoms with van der Waals surface area (Å²) in [6, 6.07) is 6.01. The Kier molecular flexibility index (Phi) is 5.32. The number of amides is 1. The van der Waals surface area contributed by atoms with Gasteiger partial charge in [0.1, 0.15) is 9.88 Å². The number of nitrogens with zero attached hydrogens (tertiary/aromatic N) is 1. The molecule has 22 heavy (non-hydrogen) atoms. The monoisotopic (exact) mass is 318 g/mol. The van der Waals surface area contributed by atoms with Gasteiger partial charge in [0.25, 0.3) is 5.91 Å². The van der Waals surface area contributed by atoms with Crippen LogP contribution in [0.5, 0.6) is 0 Å². The average Bonchev–Trinajstić information content (AvgIpc) is 2.86. The minimum Gasteiger partial charge on any atom is -0.394 e. The van der Waals surface area contributed by atoms with E-state index in [9.17, 15) is 9.90 Å². The van der Waals surface area contributed by atoms with E-state index >= 15 is 0 Å². The molecule has 0 fully saturated rings. The molecule has 0 saturated carbocycles. The lowest BCUT2D eigenvalue weighted by Gasteiger charge is -2.13. The molecule has 1 aromatic carbocycles. The van der Waals surface area contributed by atoms with Gasteiger partial charge < -0.3 is 10.4 Å². The molecule has 1 atom stereocenters. The van der Waals surface area contributed by atoms with E-state index in [1.807, 2.05) is 19.9 Å². The van der Waals surface area contributed by atoms with Gasteiger partial charge in [-0.2, -0.15) is 0 Å². The summed E-state index contributed by atoms with van der Waals surface area (Å²) in [4.78, 5) is 17.5. The van der Waals surface area contributed by atoms with Crippen LogP contribution < -0.4 is 5.32 Å². The van der Waals surface area contributed by atoms with Gasteiger partial charge in [-0.25, -0.2) is 4.98 Å². The predicted octanol–water partition coefficient (Wildman–Crippen LogP) is 3.24. The van der Waals surface area contributed by atoms with Crippen molar-refractivity contribution in [2.75, 3.05) is 6.61 Å². The third-order valence-electron chi connectivity index (χ3n) is 3.66. The first-order chi connectivity index (χ1) is 10.5. The minimum absolute atomic E-state index is 0.0516. The Morgan fingerprint density at radius 2 is 2.09 bits per heavy atom. The molecule has 0 saturated heterocycles. The number of thiazole rings is 1. The third-order valence-corrected chi connectivity index (χ3v) is 4.85. The highest BCUT2D eigenvalue weighted by molar-refractivity contribution is 7.17. The molecule has 4 nitrogen and oxygen atoms in total. The molecular weight excluding hydrogens is 296 g/mol. The highest BCUT2D eigenvalue weighted by Crippen LogP contribution is 2.30. The normalized spacial score (nSPS) is 12.2. The molecular formula is C17H22N2O2S. The maximum absolute atomic E-state index is 12.3. The molecule has 0 aliphatic heterocycles. The van der Waals surface area contributed by atoms with Crippen LogP contribution in [-0.2, 0) is 0 Å². The van der Waals surface area contributed by atoms with Crippen LogP contribution in [0.2, 0.25) is 0 Å². The summed E-state index contributed by atoms with van der Waals surface area (Å²) in [6.07, 6.45) is 0.698. The van der Waals surface area contributed by atoms with Crippen LogP contribution in [0, 0.1) is 20.8 Å². The fourth-order valence-corrected chi connectivity index (χ4v) is 3.36. The first-order valence-corrected chi connectivity index (χ1v) is 8.24. The fraction of sp³-hybridized carbons (Fsp3) is 0.412. The summed E-state index contributed by atoms with van der Waals surface area (Å²) in [5.41, 5.74) is 4.15. The van der Waals surface area contributed by atoms with Crippen molar-refractivity contribution < 1.29 is 9.90 Å². The van der Waals surface area contributed by atoms with Crippen molar-refractivity contribution in [2.45, 2.75) is 40.2 Å². The van der Waals surface area contributed by atoms with Gasteiger partial charge in [-0.05, 0) is 32.8 Å². The van der Waals surface area contributed by atoms with Crippen LogP contribution >= 0.6 is 11.3 Å². The molecule has 2 aromatic rings. The number of nitrogens with one attached hydrogen (secondary N) is 1. The lowest BCUT2D eigenvalue weighted by molar-refractivity contribution is 0.0918. The third kappa shape index (κ3) is 3.54. The lowest BCUT2D eigenvalue weighted by atomic mass is 10.1. The summed E-state index contributed by atoms with van der Waals surface area (Å²) in [7, 11) is 0. The second-order valence-electron chi connectivity index (χ2n) is 5.51. The van der Waals surface area contributed by atoms with Crippen molar-refractivity contribution in [1.29, 1.82) is 0 Å². The van der Waals surface area contributed by atoms with E-state index in [1.165, 1.54) is 16.9 Å². The number of benzene rings is 1. The van der Waals surface area contributed by atoms with E-state index < -0.39 is 0 Å². The van der Waals surface area contributed by atoms with Crippen molar-refractivity contribution >= 4 is 17.2 Å². The molecule has 1 unspecified atom stereocenters. The van der Waals surface area contributed by atoms with Gasteiger partial charge in [0.2, 0.25) is 0 Å². The summed E-state index contributed by atoms with van der Waals surface area (Å²) in [5, 5.41) is 12.9. The number of aliphatic hydroxyl groups is 1. The first-order valence-electron chi connectivity index (χ1n) is 7.43. The Balaban J connectivity index is 2.29. The summed E-state index contributed by atoms with van der Waals surface area (Å²) >= 11 is 1.40. The van der Waals surface area contributed by atoms with Crippen LogP contribution in [0.15, 0.2) is 18.2 Å². The van der Waals surface area contributed by atoms with E-state index in [2.05, 4.69) is 36.3 Å². The topological polar surface area (TPSA) is 62.2 Å². The smallest absolute Gasteiger partial charge is 0.263 e. The molecule has 1 aromatic heterocycles. The molecule has 1 heterocycles. The Morgan fingerprint density at radius 1 is 1.36 bits per heavy atom. The molecule has 1 amide bonds. The van der Waals surface area contributed by atoms with Gasteiger partial charge in [-0.1, -0.05) is 30.7 Å². The highest BCUT2D eigenvalue weighted by Gasteiger charge is 2.19. The average molecular weight is 318 g/mol. The highest BCUT2D eigenvalue weighted by atomic mass is 32.1. The van der Waals surface area contributed by atoms with E-state index in [1.54, 1.807) is 0 Å². The predicted molar refractivity (Wildman–Crippen MR) is 90.4 cm³/mol. The Hall–Kier alpha value is -1.72. The molecule has 2 rings (SSSR count). The number of carbonyl (C=O) groups excluding carboxylic acids is 1. The number of hydrogen-bond acceptors (Lipinski definition) is 4. The van der Waals surface area contributed by atoms with Crippen molar-refractivity contribution in [1.82, 2.24) is 10.3 Å². The zero-order valence-electron chi connectivity index (χ0n) is 13.4. The Morgan fingerprint density at radius 3 is 2.68 bits per heavy atom. The first kappa shape index (κ1) is 16.6. The number of hydrogen-bond donors (Lipinski definition) is 2. The SMILES string of the molecule is CCC(CO)NC(=O)c1sc(-c2ccc(C)cc2C)nc1C. The van der Waals surface area contributed by atoms with Crippen LogP contribution in [0.4, 0.5) is 0 Å². The quantitative estimate of drug-likeness (QED) is 0.889. The van der Waals surface area contributed by atoms with Crippen LogP contribution in [0.1, 0.15) is 39.8 Å². The summed E-state index contributed by atoms with van der Waals surface area (Å²) in [5.74, 6) is -0.160. The minimum atomic E-state index is -0.210. The number of rotatable bonds is 5. The fourth-order valence-electron chi connectivity index (χ4n) is 2.30. The second-order valence-corrected chi connectivity index (χ2v) is 6.51. The summed E-state index contributed by atoms with van der Waals surface area (Å²) < 4.78 is 0. The number of carbonyl (C=O) groups is 1. The molecule has 118 valence electrons. The molecule has 0 spiro atoms. The second kappa shape index (κ2) is 7.03. The number of aromatic nitrogens is 1. The van der Waals surface area contributed by atoms with Crippen molar-refractivity contribution in [3.05, 3.63) is 39.9 Å². The van der Waals surface area contributed by atoms with E-state index in [4.69, 9.17) is 0 Å². The van der Waals surface area contributed by atoms with Crippen LogP contribution in [-0.4, -0.2) is 28.6 Å². The maximum atomic E-state index is 12.3. The lowest BCUT2D eigenvalue weighted by Crippen LogP contribution is -2.36. The zero-order chi connectivity index (χ0) is 16.3. The van der Waals surface area contributed by atoms with Gasteiger partial charge in [-0.15, -0.1) is 11.3 Å². The zero-order valence-corrected chi connectivity index (χ0v) is 14.3. The van der Waals surface area contributed by atoms with Crippen LogP contribution in [0.25, 0.3) is 10.6 Å². The maximum Gasteiger partial charge on any atom is 0.263 e. The summed E-state index contributed by atoms with van der Waals surface area (Å²) in [6.45, 7) is 7.84. The number of aryl methyl sites for hydroxylation is 3. The Labute approximate surface area is 135 Å². The molecule has 0 radical (unpaired) electrons. The van der Waals surface area contributed by atoms with Crippen LogP contribution in [0.3, 0.4) is 0 Å². The van der Waals surface area contributed by atoms with Gasteiger partial charge in [-0.3, -0.25) is 4.79 Å². The molecule has 0 aliphatic carbocycles. The van der Waals surface area contributed by atoms with Crippen molar-refractivity contribution in [2.24, 2.45) is 0 Å². The standard InChI is InChI=1S/C17H22N2O2S/c1-5-13(9-20)19-16(21)15-12(4)18-17(22-15)14-7-6-10(2)8-11(14)3/h6-8,13,20H,5,9H2,1-4H3,(H,19,21). The Bertz CT molecular complexity index is 675. The van der Waals surface area contributed by atoms with Gasteiger partial charge in [0, 0.05) is 5.56 Å². The largest absolute Gasteiger partial charge is 0.394 e. The van der Waals surface area contributed by atoms with Gasteiger partial charge >= 0.3 is 0 Å². The molecule has 2 N–H and O–H groups in total. The van der Waals surface area contributed by atoms with Crippen molar-refractivity contribution in [3.8, 4) is 10.6 Å². The number of aliphatic hydroxyl groups excluding tert-OH is 1. The molecule has 5 heteroatoms. The van der Waals surface area contributed by atoms with E-state index in [0.717, 1.165) is 21.8 Å².